The molecule has 2 N–H and O–H groups in total. The van der Waals surface area contributed by atoms with Gasteiger partial charge in [-0.2, -0.15) is 0 Å². The molecule has 26 heavy (non-hydrogen) atoms. The Morgan fingerprint density at radius 1 is 1.23 bits per heavy atom. The predicted octanol–water partition coefficient (Wildman–Crippen LogP) is 2.03. The second kappa shape index (κ2) is 8.03. The summed E-state index contributed by atoms with van der Waals surface area (Å²) in [6.07, 6.45) is 1.58. The maximum absolute atomic E-state index is 12.7. The van der Waals surface area contributed by atoms with Gasteiger partial charge in [-0.25, -0.2) is 4.79 Å². The summed E-state index contributed by atoms with van der Waals surface area (Å²) in [4.78, 5) is 36.4. The molecule has 0 saturated carbocycles. The fourth-order valence-electron chi connectivity index (χ4n) is 2.76. The quantitative estimate of drug-likeness (QED) is 0.787. The molecule has 0 aliphatic heterocycles. The lowest BCUT2D eigenvalue weighted by Crippen LogP contribution is -2.47. The molecule has 140 valence electrons. The van der Waals surface area contributed by atoms with E-state index < -0.39 is 12.0 Å². The predicted molar refractivity (Wildman–Crippen MR) is 96.9 cm³/mol. The zero-order valence-corrected chi connectivity index (χ0v) is 15.5. The first-order chi connectivity index (χ1) is 12.2. The molecule has 0 spiro atoms. The van der Waals surface area contributed by atoms with E-state index in [2.05, 4.69) is 5.32 Å². The maximum Gasteiger partial charge on any atom is 0.326 e. The average Bonchev–Trinajstić information content (AvgIpc) is 2.93. The van der Waals surface area contributed by atoms with Crippen LogP contribution in [0.5, 0.6) is 0 Å². The van der Waals surface area contributed by atoms with Crippen LogP contribution in [-0.2, 0) is 20.8 Å². The molecule has 0 aliphatic rings. The van der Waals surface area contributed by atoms with Crippen molar-refractivity contribution in [3.8, 4) is 0 Å². The summed E-state index contributed by atoms with van der Waals surface area (Å²) in [6.45, 7) is 7.12. The first kappa shape index (κ1) is 19.5. The number of rotatable bonds is 7. The number of nitrogens with zero attached hydrogens (tertiary/aromatic N) is 1. The van der Waals surface area contributed by atoms with Crippen LogP contribution in [0.25, 0.3) is 11.0 Å². The second-order valence-electron chi connectivity index (χ2n) is 6.45. The standard InChI is InChI=1S/C19H24N2O5/c1-11-7-16-15(10-26-17(16)8-12(11)2)9-18(23)21(13(3)19(24)25)6-5-20-14(4)22/h7-8,10,13H,5-6,9H2,1-4H3,(H,20,22)(H,24,25). The van der Waals surface area contributed by atoms with Gasteiger partial charge in [-0.05, 0) is 44.0 Å². The van der Waals surface area contributed by atoms with Crippen molar-refractivity contribution in [2.24, 2.45) is 0 Å². The fourth-order valence-corrected chi connectivity index (χ4v) is 2.76. The van der Waals surface area contributed by atoms with Crippen molar-refractivity contribution < 1.29 is 23.9 Å². The highest BCUT2D eigenvalue weighted by atomic mass is 16.4. The Kier molecular flexibility index (Phi) is 6.02. The topological polar surface area (TPSA) is 99.9 Å². The number of hydrogen-bond acceptors (Lipinski definition) is 4. The van der Waals surface area contributed by atoms with Gasteiger partial charge < -0.3 is 19.7 Å². The van der Waals surface area contributed by atoms with Crippen LogP contribution < -0.4 is 5.32 Å². The zero-order chi connectivity index (χ0) is 19.4. The molecule has 0 saturated heterocycles. The SMILES string of the molecule is CC(=O)NCCN(C(=O)Cc1coc2cc(C)c(C)cc12)C(C)C(=O)O. The van der Waals surface area contributed by atoms with Gasteiger partial charge in [0.15, 0.2) is 0 Å². The number of amides is 2. The van der Waals surface area contributed by atoms with Gasteiger partial charge in [0.1, 0.15) is 11.6 Å². The monoisotopic (exact) mass is 360 g/mol. The van der Waals surface area contributed by atoms with Gasteiger partial charge in [0.25, 0.3) is 0 Å². The Balaban J connectivity index is 2.21. The normalized spacial score (nSPS) is 12.0. The van der Waals surface area contributed by atoms with Gasteiger partial charge in [0, 0.05) is 31.0 Å². The lowest BCUT2D eigenvalue weighted by atomic mass is 10.0. The molecule has 7 nitrogen and oxygen atoms in total. The van der Waals surface area contributed by atoms with Crippen LogP contribution in [0.4, 0.5) is 0 Å². The van der Waals surface area contributed by atoms with E-state index >= 15 is 0 Å². The van der Waals surface area contributed by atoms with E-state index in [0.717, 1.165) is 22.1 Å². The summed E-state index contributed by atoms with van der Waals surface area (Å²) in [5.41, 5.74) is 3.61. The number of carbonyl (C=O) groups excluding carboxylic acids is 2. The average molecular weight is 360 g/mol. The van der Waals surface area contributed by atoms with Crippen molar-refractivity contribution >= 4 is 28.8 Å². The molecule has 1 unspecified atom stereocenters. The number of nitrogens with one attached hydrogen (secondary N) is 1. The van der Waals surface area contributed by atoms with Crippen LogP contribution in [0, 0.1) is 13.8 Å². The van der Waals surface area contributed by atoms with Gasteiger partial charge >= 0.3 is 5.97 Å². The van der Waals surface area contributed by atoms with Gasteiger partial charge in [0.05, 0.1) is 12.7 Å². The number of aliphatic carboxylic acids is 1. The van der Waals surface area contributed by atoms with Crippen LogP contribution in [0.3, 0.4) is 0 Å². The van der Waals surface area contributed by atoms with Gasteiger partial charge in [0.2, 0.25) is 11.8 Å². The number of benzene rings is 1. The van der Waals surface area contributed by atoms with E-state index in [1.807, 2.05) is 26.0 Å². The molecule has 2 amide bonds. The van der Waals surface area contributed by atoms with E-state index in [1.165, 1.54) is 18.7 Å². The fraction of sp³-hybridized carbons (Fsp3) is 0.421. The molecule has 0 bridgehead atoms. The molecule has 0 fully saturated rings. The Labute approximate surface area is 152 Å². The number of carboxylic acid groups (broad SMARTS) is 1. The molecule has 2 rings (SSSR count). The molecule has 1 aromatic heterocycles. The van der Waals surface area contributed by atoms with Crippen LogP contribution in [0.15, 0.2) is 22.8 Å². The van der Waals surface area contributed by atoms with Crippen molar-refractivity contribution in [2.75, 3.05) is 13.1 Å². The van der Waals surface area contributed by atoms with E-state index in [0.29, 0.717) is 5.58 Å². The minimum Gasteiger partial charge on any atom is -0.480 e. The molecule has 1 aromatic carbocycles. The van der Waals surface area contributed by atoms with E-state index in [1.54, 1.807) is 6.26 Å². The third-order valence-corrected chi connectivity index (χ3v) is 4.48. The Morgan fingerprint density at radius 3 is 2.50 bits per heavy atom. The molecule has 2 aromatic rings. The molecule has 1 heterocycles. The lowest BCUT2D eigenvalue weighted by Gasteiger charge is -2.26. The molecule has 7 heteroatoms. The molecular weight excluding hydrogens is 336 g/mol. The number of furan rings is 1. The van der Waals surface area contributed by atoms with E-state index in [-0.39, 0.29) is 31.3 Å². The summed E-state index contributed by atoms with van der Waals surface area (Å²) in [5, 5.41) is 12.7. The second-order valence-corrected chi connectivity index (χ2v) is 6.45. The largest absolute Gasteiger partial charge is 0.480 e. The number of carboxylic acids is 1. The van der Waals surface area contributed by atoms with E-state index in [4.69, 9.17) is 4.42 Å². The highest BCUT2D eigenvalue weighted by molar-refractivity contribution is 5.90. The Morgan fingerprint density at radius 2 is 1.88 bits per heavy atom. The van der Waals surface area contributed by atoms with Gasteiger partial charge in [-0.1, -0.05) is 0 Å². The summed E-state index contributed by atoms with van der Waals surface area (Å²) in [5.74, 6) is -1.65. The highest BCUT2D eigenvalue weighted by Crippen LogP contribution is 2.25. The summed E-state index contributed by atoms with van der Waals surface area (Å²) in [6, 6.07) is 2.91. The van der Waals surface area contributed by atoms with Crippen molar-refractivity contribution in [1.29, 1.82) is 0 Å². The smallest absolute Gasteiger partial charge is 0.326 e. The zero-order valence-electron chi connectivity index (χ0n) is 15.5. The number of fused-ring (bicyclic) bond motifs is 1. The van der Waals surface area contributed by atoms with Crippen molar-refractivity contribution in [2.45, 2.75) is 40.2 Å². The van der Waals surface area contributed by atoms with Crippen LogP contribution in [0.1, 0.15) is 30.5 Å². The highest BCUT2D eigenvalue weighted by Gasteiger charge is 2.26. The maximum atomic E-state index is 12.7. The van der Waals surface area contributed by atoms with E-state index in [9.17, 15) is 19.5 Å². The summed E-state index contributed by atoms with van der Waals surface area (Å²) >= 11 is 0. The third-order valence-electron chi connectivity index (χ3n) is 4.48. The molecule has 1 atom stereocenters. The summed E-state index contributed by atoms with van der Waals surface area (Å²) in [7, 11) is 0. The number of hydrogen-bond donors (Lipinski definition) is 2. The Bertz CT molecular complexity index is 840. The number of aryl methyl sites for hydroxylation is 2. The first-order valence-corrected chi connectivity index (χ1v) is 8.44. The van der Waals surface area contributed by atoms with Crippen molar-refractivity contribution in [3.05, 3.63) is 35.1 Å². The molecule has 0 aliphatic carbocycles. The summed E-state index contributed by atoms with van der Waals surface area (Å²) < 4.78 is 5.54. The number of carbonyl (C=O) groups is 3. The third kappa shape index (κ3) is 4.41. The minimum absolute atomic E-state index is 0.0349. The van der Waals surface area contributed by atoms with Gasteiger partial charge in [-0.15, -0.1) is 0 Å². The van der Waals surface area contributed by atoms with Crippen molar-refractivity contribution in [1.82, 2.24) is 10.2 Å². The molecule has 0 radical (unpaired) electrons. The minimum atomic E-state index is -1.09. The lowest BCUT2D eigenvalue weighted by molar-refractivity contribution is -0.149. The van der Waals surface area contributed by atoms with Crippen LogP contribution in [-0.4, -0.2) is 46.9 Å². The first-order valence-electron chi connectivity index (χ1n) is 8.44. The van der Waals surface area contributed by atoms with Crippen molar-refractivity contribution in [3.63, 3.8) is 0 Å². The van der Waals surface area contributed by atoms with Crippen LogP contribution in [0.2, 0.25) is 0 Å². The van der Waals surface area contributed by atoms with Gasteiger partial charge in [-0.3, -0.25) is 9.59 Å². The molecular formula is C19H24N2O5. The van der Waals surface area contributed by atoms with Crippen LogP contribution >= 0.6 is 0 Å². The Hall–Kier alpha value is -2.83.